The Morgan fingerprint density at radius 3 is 2.95 bits per heavy atom. The second kappa shape index (κ2) is 6.10. The molecule has 1 saturated carbocycles. The van der Waals surface area contributed by atoms with Crippen LogP contribution < -0.4 is 0 Å². The number of rotatable bonds is 6. The second-order valence-electron chi connectivity index (χ2n) is 5.19. The van der Waals surface area contributed by atoms with E-state index in [0.29, 0.717) is 6.04 Å². The van der Waals surface area contributed by atoms with E-state index in [-0.39, 0.29) is 0 Å². The van der Waals surface area contributed by atoms with Crippen LogP contribution in [0, 0.1) is 0 Å². The molecule has 1 aliphatic rings. The first-order valence-electron chi connectivity index (χ1n) is 7.30. The summed E-state index contributed by atoms with van der Waals surface area (Å²) in [4.78, 5) is 5.85. The van der Waals surface area contributed by atoms with Crippen LogP contribution in [0.4, 0.5) is 0 Å². The molecule has 0 unspecified atom stereocenters. The molecule has 0 N–H and O–H groups in total. The first-order valence-corrected chi connectivity index (χ1v) is 9.77. The molecule has 5 nitrogen and oxygen atoms in total. The van der Waals surface area contributed by atoms with E-state index in [1.165, 1.54) is 29.3 Å². The normalized spacial score (nSPS) is 14.6. The van der Waals surface area contributed by atoms with Gasteiger partial charge in [-0.3, -0.25) is 0 Å². The summed E-state index contributed by atoms with van der Waals surface area (Å²) in [7, 11) is 0. The summed E-state index contributed by atoms with van der Waals surface area (Å²) in [5, 5.41) is 11.9. The van der Waals surface area contributed by atoms with Gasteiger partial charge in [0.25, 0.3) is 0 Å². The van der Waals surface area contributed by atoms with Gasteiger partial charge in [-0.1, -0.05) is 13.0 Å². The fourth-order valence-corrected chi connectivity index (χ4v) is 4.69. The molecular weight excluding hydrogens is 334 g/mol. The average molecular weight is 350 g/mol. The number of aryl methyl sites for hydroxylation is 1. The smallest absolute Gasteiger partial charge is 0.198 e. The zero-order valence-corrected chi connectivity index (χ0v) is 14.5. The highest BCUT2D eigenvalue weighted by atomic mass is 32.2. The van der Waals surface area contributed by atoms with Crippen LogP contribution in [0.3, 0.4) is 0 Å². The molecule has 0 bridgehead atoms. The molecule has 0 radical (unpaired) electrons. The minimum absolute atomic E-state index is 0.561. The minimum Gasteiger partial charge on any atom is -0.302 e. The van der Waals surface area contributed by atoms with E-state index in [0.717, 1.165) is 34.0 Å². The van der Waals surface area contributed by atoms with Crippen LogP contribution in [0.1, 0.15) is 42.3 Å². The summed E-state index contributed by atoms with van der Waals surface area (Å²) < 4.78 is 7.60. The molecule has 0 atom stereocenters. The monoisotopic (exact) mass is 349 g/mol. The van der Waals surface area contributed by atoms with Crippen LogP contribution in [-0.2, 0) is 12.8 Å². The van der Waals surface area contributed by atoms with Gasteiger partial charge in [0, 0.05) is 23.8 Å². The van der Waals surface area contributed by atoms with Crippen molar-refractivity contribution in [3.63, 3.8) is 0 Å². The van der Waals surface area contributed by atoms with Crippen LogP contribution in [0.2, 0.25) is 0 Å². The largest absolute Gasteiger partial charge is 0.302 e. The molecule has 0 saturated heterocycles. The fourth-order valence-electron chi connectivity index (χ4n) is 2.27. The van der Waals surface area contributed by atoms with E-state index in [9.17, 15) is 0 Å². The first-order chi connectivity index (χ1) is 10.8. The lowest BCUT2D eigenvalue weighted by atomic mass is 10.3. The van der Waals surface area contributed by atoms with Gasteiger partial charge in [-0.2, -0.15) is 4.37 Å². The molecule has 1 fully saturated rings. The van der Waals surface area contributed by atoms with Crippen molar-refractivity contribution in [1.82, 2.24) is 24.1 Å². The Balaban J connectivity index is 1.60. The lowest BCUT2D eigenvalue weighted by molar-refractivity contribution is 0.635. The van der Waals surface area contributed by atoms with Gasteiger partial charge in [0.1, 0.15) is 11.6 Å². The molecule has 0 spiro atoms. The number of hydrogen-bond acceptors (Lipinski definition) is 7. The molecule has 22 heavy (non-hydrogen) atoms. The van der Waals surface area contributed by atoms with E-state index in [4.69, 9.17) is 0 Å². The Hall–Kier alpha value is -1.25. The third-order valence-corrected chi connectivity index (χ3v) is 6.13. The van der Waals surface area contributed by atoms with Crippen molar-refractivity contribution in [2.45, 2.75) is 48.1 Å². The summed E-state index contributed by atoms with van der Waals surface area (Å²) in [5.74, 6) is 1.97. The highest BCUT2D eigenvalue weighted by Gasteiger charge is 2.30. The molecule has 8 heteroatoms. The maximum atomic E-state index is 4.52. The minimum atomic E-state index is 0.561. The lowest BCUT2D eigenvalue weighted by Crippen LogP contribution is -2.03. The lowest BCUT2D eigenvalue weighted by Gasteiger charge is -2.06. The summed E-state index contributed by atoms with van der Waals surface area (Å²) in [6, 6.07) is 4.80. The summed E-state index contributed by atoms with van der Waals surface area (Å²) in [6.07, 6.45) is 4.17. The number of hydrogen-bond donors (Lipinski definition) is 0. The molecule has 4 rings (SSSR count). The van der Waals surface area contributed by atoms with Crippen LogP contribution in [0.15, 0.2) is 27.0 Å². The standard InChI is InChI=1S/C14H15N5S3/c1-2-11-15-14(22-18-11)21-13-17-16-12(19(13)9-5-6-9)8-10-4-3-7-20-10/h3-4,7,9H,2,5-6,8H2,1H3. The summed E-state index contributed by atoms with van der Waals surface area (Å²) >= 11 is 4.81. The van der Waals surface area contributed by atoms with Gasteiger partial charge in [-0.25, -0.2) is 4.98 Å². The van der Waals surface area contributed by atoms with Crippen molar-refractivity contribution < 1.29 is 0 Å². The van der Waals surface area contributed by atoms with Gasteiger partial charge in [0.05, 0.1) is 0 Å². The van der Waals surface area contributed by atoms with E-state index >= 15 is 0 Å². The average Bonchev–Trinajstić information content (AvgIpc) is 2.94. The van der Waals surface area contributed by atoms with Gasteiger partial charge < -0.3 is 4.57 Å². The Morgan fingerprint density at radius 1 is 1.36 bits per heavy atom. The van der Waals surface area contributed by atoms with Gasteiger partial charge in [-0.15, -0.1) is 21.5 Å². The zero-order valence-electron chi connectivity index (χ0n) is 12.1. The van der Waals surface area contributed by atoms with E-state index in [1.54, 1.807) is 23.1 Å². The second-order valence-corrected chi connectivity index (χ2v) is 8.19. The predicted molar refractivity (Wildman–Crippen MR) is 88.8 cm³/mol. The van der Waals surface area contributed by atoms with E-state index < -0.39 is 0 Å². The molecule has 114 valence electrons. The van der Waals surface area contributed by atoms with Crippen LogP contribution in [0.25, 0.3) is 0 Å². The Kier molecular flexibility index (Phi) is 3.98. The number of thiophene rings is 1. The zero-order chi connectivity index (χ0) is 14.9. The van der Waals surface area contributed by atoms with Crippen molar-refractivity contribution in [3.05, 3.63) is 34.0 Å². The summed E-state index contributed by atoms with van der Waals surface area (Å²) in [5.41, 5.74) is 0. The molecule has 3 aromatic heterocycles. The SMILES string of the molecule is CCc1nsc(Sc2nnc(Cc3cccs3)n2C2CC2)n1. The highest BCUT2D eigenvalue weighted by molar-refractivity contribution is 8.00. The highest BCUT2D eigenvalue weighted by Crippen LogP contribution is 2.40. The van der Waals surface area contributed by atoms with E-state index in [1.807, 2.05) is 0 Å². The maximum absolute atomic E-state index is 4.52. The number of nitrogens with zero attached hydrogens (tertiary/aromatic N) is 5. The van der Waals surface area contributed by atoms with E-state index in [2.05, 4.69) is 48.6 Å². The summed E-state index contributed by atoms with van der Waals surface area (Å²) in [6.45, 7) is 2.07. The maximum Gasteiger partial charge on any atom is 0.198 e. The molecule has 0 aromatic carbocycles. The van der Waals surface area contributed by atoms with Crippen molar-refractivity contribution >= 4 is 34.6 Å². The molecule has 3 aromatic rings. The Labute approximate surface area is 141 Å². The quantitative estimate of drug-likeness (QED) is 0.677. The van der Waals surface area contributed by atoms with Gasteiger partial charge in [0.2, 0.25) is 0 Å². The third-order valence-electron chi connectivity index (χ3n) is 3.50. The molecule has 1 aliphatic carbocycles. The predicted octanol–water partition coefficient (Wildman–Crippen LogP) is 3.83. The van der Waals surface area contributed by atoms with Gasteiger partial charge >= 0.3 is 0 Å². The molecule has 0 aliphatic heterocycles. The molecule has 0 amide bonds. The van der Waals surface area contributed by atoms with Crippen molar-refractivity contribution in [2.75, 3.05) is 0 Å². The number of aromatic nitrogens is 5. The van der Waals surface area contributed by atoms with Crippen LogP contribution in [-0.4, -0.2) is 24.1 Å². The first kappa shape index (κ1) is 14.3. The molecule has 3 heterocycles. The third kappa shape index (κ3) is 2.95. The van der Waals surface area contributed by atoms with Gasteiger partial charge in [0.15, 0.2) is 9.50 Å². The Morgan fingerprint density at radius 2 is 2.27 bits per heavy atom. The topological polar surface area (TPSA) is 56.5 Å². The Bertz CT molecular complexity index is 757. The molecular formula is C14H15N5S3. The van der Waals surface area contributed by atoms with Crippen LogP contribution in [0.5, 0.6) is 0 Å². The van der Waals surface area contributed by atoms with Crippen molar-refractivity contribution in [3.8, 4) is 0 Å². The van der Waals surface area contributed by atoms with Crippen molar-refractivity contribution in [1.29, 1.82) is 0 Å². The fraction of sp³-hybridized carbons (Fsp3) is 0.429. The van der Waals surface area contributed by atoms with Crippen molar-refractivity contribution in [2.24, 2.45) is 0 Å². The van der Waals surface area contributed by atoms with Gasteiger partial charge in [-0.05, 0) is 47.6 Å². The van der Waals surface area contributed by atoms with Crippen LogP contribution >= 0.6 is 34.6 Å².